The van der Waals surface area contributed by atoms with E-state index >= 15 is 0 Å². The largest absolute Gasteiger partial charge is 0.467 e. The molecule has 0 spiro atoms. The van der Waals surface area contributed by atoms with Crippen LogP contribution in [0.3, 0.4) is 0 Å². The Morgan fingerprint density at radius 3 is 2.12 bits per heavy atom. The van der Waals surface area contributed by atoms with Gasteiger partial charge >= 0.3 is 5.97 Å². The Labute approximate surface area is 185 Å². The van der Waals surface area contributed by atoms with E-state index in [2.05, 4.69) is 20.7 Å². The molecule has 1 aromatic carbocycles. The molecule has 1 rings (SSSR count). The molecule has 0 saturated heterocycles. The topological polar surface area (TPSA) is 183 Å². The second-order valence-electron chi connectivity index (χ2n) is 7.10. The van der Waals surface area contributed by atoms with Gasteiger partial charge < -0.3 is 26.4 Å². The Balaban J connectivity index is 2.82. The molecule has 0 heterocycles. The second-order valence-corrected chi connectivity index (χ2v) is 7.10. The van der Waals surface area contributed by atoms with Crippen molar-refractivity contribution in [3.8, 4) is 0 Å². The van der Waals surface area contributed by atoms with Crippen LogP contribution in [0.25, 0.3) is 0 Å². The van der Waals surface area contributed by atoms with Crippen molar-refractivity contribution in [2.45, 2.75) is 51.2 Å². The maximum atomic E-state index is 12.7. The number of hydrogen-bond acceptors (Lipinski definition) is 8. The van der Waals surface area contributed by atoms with Gasteiger partial charge in [-0.1, -0.05) is 0 Å². The van der Waals surface area contributed by atoms with Crippen LogP contribution in [-0.4, -0.2) is 60.4 Å². The van der Waals surface area contributed by atoms with Crippen molar-refractivity contribution in [3.63, 3.8) is 0 Å². The lowest BCUT2D eigenvalue weighted by atomic mass is 10.1. The van der Waals surface area contributed by atoms with E-state index < -0.39 is 46.7 Å². The number of non-ortho nitro benzene ring substituents is 1. The summed E-state index contributed by atoms with van der Waals surface area (Å²) in [6.45, 7) is 3.29. The van der Waals surface area contributed by atoms with E-state index in [0.717, 1.165) is 0 Å². The standard InChI is InChI=1S/C20H29N5O7/c1-12(17(26)23-13(2)20(29)32-3)22-19(28)16(6-4-5-11-21)24-18(27)14-7-9-15(10-8-14)25(30)31/h7-10,12-13,16H,4-6,11,21H2,1-3H3,(H,22,28)(H,23,26)(H,24,27)/t12-,13-,16-/m0/s1. The van der Waals surface area contributed by atoms with Gasteiger partial charge in [-0.05, 0) is 51.8 Å². The van der Waals surface area contributed by atoms with Crippen LogP contribution in [0.4, 0.5) is 5.69 Å². The Kier molecular flexibility index (Phi) is 10.8. The van der Waals surface area contributed by atoms with Crippen molar-refractivity contribution in [2.24, 2.45) is 5.73 Å². The normalized spacial score (nSPS) is 13.2. The van der Waals surface area contributed by atoms with Crippen LogP contribution in [0.1, 0.15) is 43.5 Å². The molecule has 12 heteroatoms. The van der Waals surface area contributed by atoms with Crippen LogP contribution >= 0.6 is 0 Å². The van der Waals surface area contributed by atoms with Gasteiger partial charge in [0.1, 0.15) is 18.1 Å². The average molecular weight is 451 g/mol. The Hall–Kier alpha value is -3.54. The van der Waals surface area contributed by atoms with Crippen LogP contribution in [0.2, 0.25) is 0 Å². The van der Waals surface area contributed by atoms with Crippen molar-refractivity contribution in [1.82, 2.24) is 16.0 Å². The van der Waals surface area contributed by atoms with Crippen LogP contribution in [0, 0.1) is 10.1 Å². The van der Waals surface area contributed by atoms with Gasteiger partial charge in [0.15, 0.2) is 0 Å². The third-order valence-electron chi connectivity index (χ3n) is 4.57. The zero-order chi connectivity index (χ0) is 24.3. The monoisotopic (exact) mass is 451 g/mol. The summed E-state index contributed by atoms with van der Waals surface area (Å²) in [5.41, 5.74) is 5.47. The lowest BCUT2D eigenvalue weighted by molar-refractivity contribution is -0.384. The van der Waals surface area contributed by atoms with E-state index in [1.54, 1.807) is 0 Å². The number of benzene rings is 1. The predicted molar refractivity (Wildman–Crippen MR) is 114 cm³/mol. The summed E-state index contributed by atoms with van der Waals surface area (Å²) in [5, 5.41) is 18.3. The SMILES string of the molecule is COC(=O)[C@H](C)NC(=O)[C@H](C)NC(=O)[C@H](CCCCN)NC(=O)c1ccc([N+](=O)[O-])cc1. The van der Waals surface area contributed by atoms with Gasteiger partial charge in [-0.2, -0.15) is 0 Å². The van der Waals surface area contributed by atoms with Crippen LogP contribution < -0.4 is 21.7 Å². The highest BCUT2D eigenvalue weighted by atomic mass is 16.6. The number of carbonyl (C=O) groups is 4. The minimum Gasteiger partial charge on any atom is -0.467 e. The Bertz CT molecular complexity index is 828. The van der Waals surface area contributed by atoms with Crippen LogP contribution in [0.15, 0.2) is 24.3 Å². The number of nitrogens with two attached hydrogens (primary N) is 1. The fourth-order valence-corrected chi connectivity index (χ4v) is 2.69. The molecule has 0 radical (unpaired) electrons. The summed E-state index contributed by atoms with van der Waals surface area (Å²) >= 11 is 0. The van der Waals surface area contributed by atoms with Gasteiger partial charge in [0.05, 0.1) is 12.0 Å². The molecule has 1 aromatic rings. The van der Waals surface area contributed by atoms with Crippen molar-refractivity contribution in [1.29, 1.82) is 0 Å². The first kappa shape index (κ1) is 26.5. The number of nitro benzene ring substituents is 1. The van der Waals surface area contributed by atoms with Gasteiger partial charge in [-0.25, -0.2) is 4.79 Å². The highest BCUT2D eigenvalue weighted by Crippen LogP contribution is 2.12. The van der Waals surface area contributed by atoms with E-state index in [-0.39, 0.29) is 17.7 Å². The van der Waals surface area contributed by atoms with Gasteiger partial charge in [0.2, 0.25) is 11.8 Å². The summed E-state index contributed by atoms with van der Waals surface area (Å²) in [5.74, 6) is -2.42. The van der Waals surface area contributed by atoms with Crippen LogP contribution in [0.5, 0.6) is 0 Å². The predicted octanol–water partition coefficient (Wildman–Crippen LogP) is 0.00460. The number of unbranched alkanes of at least 4 members (excludes halogenated alkanes) is 1. The molecular weight excluding hydrogens is 422 g/mol. The summed E-state index contributed by atoms with van der Waals surface area (Å²) in [6.07, 6.45) is 1.45. The molecule has 0 unspecified atom stereocenters. The smallest absolute Gasteiger partial charge is 0.328 e. The molecule has 0 saturated carbocycles. The molecule has 3 amide bonds. The number of ether oxygens (including phenoxy) is 1. The molecule has 176 valence electrons. The number of amides is 3. The second kappa shape index (κ2) is 13.0. The number of carbonyl (C=O) groups excluding carboxylic acids is 4. The number of hydrogen-bond donors (Lipinski definition) is 4. The quantitative estimate of drug-likeness (QED) is 0.148. The zero-order valence-corrected chi connectivity index (χ0v) is 18.3. The average Bonchev–Trinajstić information content (AvgIpc) is 2.77. The summed E-state index contributed by atoms with van der Waals surface area (Å²) < 4.78 is 4.54. The first-order valence-electron chi connectivity index (χ1n) is 10.0. The highest BCUT2D eigenvalue weighted by molar-refractivity contribution is 5.98. The molecule has 0 aliphatic carbocycles. The molecule has 0 aliphatic rings. The first-order valence-corrected chi connectivity index (χ1v) is 10.0. The lowest BCUT2D eigenvalue weighted by Gasteiger charge is -2.22. The molecule has 0 bridgehead atoms. The number of nitrogens with zero attached hydrogens (tertiary/aromatic N) is 1. The van der Waals surface area contributed by atoms with Crippen LogP contribution in [-0.2, 0) is 19.1 Å². The summed E-state index contributed by atoms with van der Waals surface area (Å²) in [7, 11) is 1.19. The molecule has 5 N–H and O–H groups in total. The molecule has 0 aromatic heterocycles. The van der Waals surface area contributed by atoms with Gasteiger partial charge in [-0.3, -0.25) is 24.5 Å². The van der Waals surface area contributed by atoms with Crippen molar-refractivity contribution in [2.75, 3.05) is 13.7 Å². The minimum atomic E-state index is -0.983. The maximum Gasteiger partial charge on any atom is 0.328 e. The van der Waals surface area contributed by atoms with E-state index in [1.807, 2.05) is 0 Å². The highest BCUT2D eigenvalue weighted by Gasteiger charge is 2.26. The minimum absolute atomic E-state index is 0.143. The number of nitro groups is 1. The van der Waals surface area contributed by atoms with Gasteiger partial charge in [0.25, 0.3) is 11.6 Å². The first-order chi connectivity index (χ1) is 15.1. The number of nitrogens with one attached hydrogen (secondary N) is 3. The van der Waals surface area contributed by atoms with E-state index in [0.29, 0.717) is 19.4 Å². The molecule has 0 fully saturated rings. The van der Waals surface area contributed by atoms with E-state index in [1.165, 1.54) is 45.2 Å². The zero-order valence-electron chi connectivity index (χ0n) is 18.3. The fraction of sp³-hybridized carbons (Fsp3) is 0.500. The van der Waals surface area contributed by atoms with Gasteiger partial charge in [0, 0.05) is 17.7 Å². The number of methoxy groups -OCH3 is 1. The maximum absolute atomic E-state index is 12.7. The summed E-state index contributed by atoms with van der Waals surface area (Å²) in [6, 6.07) is 2.11. The number of esters is 1. The van der Waals surface area contributed by atoms with Gasteiger partial charge in [-0.15, -0.1) is 0 Å². The van der Waals surface area contributed by atoms with E-state index in [4.69, 9.17) is 5.73 Å². The third kappa shape index (κ3) is 8.30. The molecule has 32 heavy (non-hydrogen) atoms. The molecular formula is C20H29N5O7. The Morgan fingerprint density at radius 2 is 1.59 bits per heavy atom. The third-order valence-corrected chi connectivity index (χ3v) is 4.57. The molecule has 0 aliphatic heterocycles. The Morgan fingerprint density at radius 1 is 1.00 bits per heavy atom. The van der Waals surface area contributed by atoms with Crippen molar-refractivity contribution in [3.05, 3.63) is 39.9 Å². The lowest BCUT2D eigenvalue weighted by Crippen LogP contribution is -2.54. The molecule has 3 atom stereocenters. The number of rotatable bonds is 12. The molecule has 12 nitrogen and oxygen atoms in total. The summed E-state index contributed by atoms with van der Waals surface area (Å²) in [4.78, 5) is 59.1. The fourth-order valence-electron chi connectivity index (χ4n) is 2.69. The van der Waals surface area contributed by atoms with Crippen molar-refractivity contribution >= 4 is 29.4 Å². The van der Waals surface area contributed by atoms with E-state index in [9.17, 15) is 29.3 Å². The van der Waals surface area contributed by atoms with Crippen molar-refractivity contribution < 1.29 is 28.8 Å².